The van der Waals surface area contributed by atoms with Crippen molar-refractivity contribution in [1.82, 2.24) is 0 Å². The van der Waals surface area contributed by atoms with Gasteiger partial charge in [-0.3, -0.25) is 4.79 Å². The normalized spacial score (nSPS) is 11.7. The SMILES string of the molecule is CCCCCCCCCCCOC(=O)CCCCCC(C)(C)C. The van der Waals surface area contributed by atoms with Crippen LogP contribution in [0.25, 0.3) is 0 Å². The Hall–Kier alpha value is -0.530. The second-order valence-corrected chi connectivity index (χ2v) is 8.17. The molecule has 0 spiro atoms. The highest BCUT2D eigenvalue weighted by Crippen LogP contribution is 2.22. The molecule has 0 radical (unpaired) electrons. The highest BCUT2D eigenvalue weighted by molar-refractivity contribution is 5.69. The molecule has 0 unspecified atom stereocenters. The highest BCUT2D eigenvalue weighted by atomic mass is 16.5. The molecule has 0 fully saturated rings. The molecule has 0 aliphatic carbocycles. The summed E-state index contributed by atoms with van der Waals surface area (Å²) in [6.45, 7) is 9.69. The molecule has 23 heavy (non-hydrogen) atoms. The summed E-state index contributed by atoms with van der Waals surface area (Å²) in [7, 11) is 0. The van der Waals surface area contributed by atoms with Crippen LogP contribution in [0.5, 0.6) is 0 Å². The van der Waals surface area contributed by atoms with Crippen LogP contribution in [0, 0.1) is 5.41 Å². The van der Waals surface area contributed by atoms with Crippen LogP contribution in [0.2, 0.25) is 0 Å². The number of rotatable bonds is 15. The molecule has 138 valence electrons. The van der Waals surface area contributed by atoms with Gasteiger partial charge in [-0.1, -0.05) is 91.9 Å². The van der Waals surface area contributed by atoms with Crippen LogP contribution in [0.1, 0.15) is 118 Å². The van der Waals surface area contributed by atoms with E-state index in [1.54, 1.807) is 0 Å². The van der Waals surface area contributed by atoms with Crippen LogP contribution < -0.4 is 0 Å². The number of carbonyl (C=O) groups excluding carboxylic acids is 1. The molecule has 0 saturated heterocycles. The number of ether oxygens (including phenoxy) is 1. The van der Waals surface area contributed by atoms with Gasteiger partial charge in [0.25, 0.3) is 0 Å². The van der Waals surface area contributed by atoms with Crippen molar-refractivity contribution >= 4 is 5.97 Å². The molecule has 0 amide bonds. The highest BCUT2D eigenvalue weighted by Gasteiger charge is 2.09. The average Bonchev–Trinajstić information content (AvgIpc) is 2.47. The minimum atomic E-state index is 0.000300. The zero-order chi connectivity index (χ0) is 17.4. The zero-order valence-corrected chi connectivity index (χ0v) is 16.4. The van der Waals surface area contributed by atoms with E-state index in [2.05, 4.69) is 27.7 Å². The summed E-state index contributed by atoms with van der Waals surface area (Å²) in [4.78, 5) is 11.6. The van der Waals surface area contributed by atoms with Crippen molar-refractivity contribution in [3.05, 3.63) is 0 Å². The minimum absolute atomic E-state index is 0.000300. The van der Waals surface area contributed by atoms with Crippen molar-refractivity contribution in [2.45, 2.75) is 118 Å². The molecule has 0 saturated carbocycles. The smallest absolute Gasteiger partial charge is 0.305 e. The Morgan fingerprint density at radius 2 is 1.26 bits per heavy atom. The van der Waals surface area contributed by atoms with Crippen molar-refractivity contribution in [2.24, 2.45) is 5.41 Å². The Balaban J connectivity index is 3.22. The van der Waals surface area contributed by atoms with Gasteiger partial charge in [0.1, 0.15) is 0 Å². The van der Waals surface area contributed by atoms with Gasteiger partial charge in [0, 0.05) is 6.42 Å². The van der Waals surface area contributed by atoms with Crippen molar-refractivity contribution in [1.29, 1.82) is 0 Å². The van der Waals surface area contributed by atoms with E-state index in [0.717, 1.165) is 19.3 Å². The fourth-order valence-corrected chi connectivity index (χ4v) is 2.77. The van der Waals surface area contributed by atoms with Crippen molar-refractivity contribution < 1.29 is 9.53 Å². The van der Waals surface area contributed by atoms with Gasteiger partial charge in [-0.05, 0) is 24.7 Å². The third kappa shape index (κ3) is 19.4. The molecule has 0 bridgehead atoms. The van der Waals surface area contributed by atoms with E-state index < -0.39 is 0 Å². The summed E-state index contributed by atoms with van der Waals surface area (Å²) in [5, 5.41) is 0. The van der Waals surface area contributed by atoms with Crippen LogP contribution in [0.15, 0.2) is 0 Å². The zero-order valence-electron chi connectivity index (χ0n) is 16.4. The molecular formula is C21H42O2. The van der Waals surface area contributed by atoms with Gasteiger partial charge in [-0.25, -0.2) is 0 Å². The van der Waals surface area contributed by atoms with E-state index in [-0.39, 0.29) is 5.97 Å². The van der Waals surface area contributed by atoms with Crippen LogP contribution in [0.3, 0.4) is 0 Å². The molecule has 0 heterocycles. The molecule has 0 aromatic carbocycles. The van der Waals surface area contributed by atoms with E-state index in [4.69, 9.17) is 4.74 Å². The average molecular weight is 327 g/mol. The van der Waals surface area contributed by atoms with Gasteiger partial charge in [-0.2, -0.15) is 0 Å². The summed E-state index contributed by atoms with van der Waals surface area (Å²) in [5.74, 6) is 0.000300. The maximum atomic E-state index is 11.6. The monoisotopic (exact) mass is 326 g/mol. The fraction of sp³-hybridized carbons (Fsp3) is 0.952. The molecule has 2 heteroatoms. The molecule has 0 N–H and O–H groups in total. The molecule has 0 aromatic rings. The quantitative estimate of drug-likeness (QED) is 0.238. The molecule has 2 nitrogen and oxygen atoms in total. The van der Waals surface area contributed by atoms with Crippen LogP contribution in [-0.4, -0.2) is 12.6 Å². The first-order valence-corrected chi connectivity index (χ1v) is 10.1. The molecular weight excluding hydrogens is 284 g/mol. The van der Waals surface area contributed by atoms with Gasteiger partial charge in [0.15, 0.2) is 0 Å². The Labute approximate surface area is 145 Å². The third-order valence-corrected chi connectivity index (χ3v) is 4.32. The topological polar surface area (TPSA) is 26.3 Å². The lowest BCUT2D eigenvalue weighted by molar-refractivity contribution is -0.143. The Bertz CT molecular complexity index is 266. The summed E-state index contributed by atoms with van der Waals surface area (Å²) >= 11 is 0. The lowest BCUT2D eigenvalue weighted by Gasteiger charge is -2.17. The Morgan fingerprint density at radius 3 is 1.83 bits per heavy atom. The van der Waals surface area contributed by atoms with E-state index in [0.29, 0.717) is 18.4 Å². The summed E-state index contributed by atoms with van der Waals surface area (Å²) in [6.07, 6.45) is 16.9. The fourth-order valence-electron chi connectivity index (χ4n) is 2.77. The number of carbonyl (C=O) groups is 1. The largest absolute Gasteiger partial charge is 0.466 e. The minimum Gasteiger partial charge on any atom is -0.466 e. The van der Waals surface area contributed by atoms with Crippen molar-refractivity contribution in [2.75, 3.05) is 6.61 Å². The molecule has 0 aliphatic rings. The second-order valence-electron chi connectivity index (χ2n) is 8.17. The Morgan fingerprint density at radius 1 is 0.739 bits per heavy atom. The number of hydrogen-bond acceptors (Lipinski definition) is 2. The van der Waals surface area contributed by atoms with E-state index in [9.17, 15) is 4.79 Å². The van der Waals surface area contributed by atoms with Gasteiger partial charge >= 0.3 is 5.97 Å². The first-order chi connectivity index (χ1) is 11.0. The van der Waals surface area contributed by atoms with E-state index in [1.165, 1.54) is 64.2 Å². The van der Waals surface area contributed by atoms with Crippen molar-refractivity contribution in [3.8, 4) is 0 Å². The number of hydrogen-bond donors (Lipinski definition) is 0. The van der Waals surface area contributed by atoms with Gasteiger partial charge in [-0.15, -0.1) is 0 Å². The van der Waals surface area contributed by atoms with Crippen LogP contribution >= 0.6 is 0 Å². The predicted octanol–water partition coefficient (Wildman–Crippen LogP) is 7.06. The van der Waals surface area contributed by atoms with Gasteiger partial charge in [0.05, 0.1) is 6.61 Å². The molecule has 0 aromatic heterocycles. The molecule has 0 aliphatic heterocycles. The Kier molecular flexibility index (Phi) is 14.7. The van der Waals surface area contributed by atoms with E-state index in [1.807, 2.05) is 0 Å². The van der Waals surface area contributed by atoms with Crippen LogP contribution in [0.4, 0.5) is 0 Å². The maximum Gasteiger partial charge on any atom is 0.305 e. The third-order valence-electron chi connectivity index (χ3n) is 4.32. The molecule has 0 atom stereocenters. The predicted molar refractivity (Wildman–Crippen MR) is 101 cm³/mol. The molecule has 0 rings (SSSR count). The van der Waals surface area contributed by atoms with E-state index >= 15 is 0 Å². The van der Waals surface area contributed by atoms with Gasteiger partial charge in [0.2, 0.25) is 0 Å². The lowest BCUT2D eigenvalue weighted by Crippen LogP contribution is -2.06. The van der Waals surface area contributed by atoms with Crippen molar-refractivity contribution in [3.63, 3.8) is 0 Å². The van der Waals surface area contributed by atoms with Crippen LogP contribution in [-0.2, 0) is 9.53 Å². The summed E-state index contributed by atoms with van der Waals surface area (Å²) in [5.41, 5.74) is 0.413. The number of unbranched alkanes of at least 4 members (excludes halogenated alkanes) is 10. The second kappa shape index (κ2) is 15.0. The standard InChI is InChI=1S/C21H42O2/c1-5-6-7-8-9-10-11-12-16-19-23-20(22)17-14-13-15-18-21(2,3)4/h5-19H2,1-4H3. The first-order valence-electron chi connectivity index (χ1n) is 10.1. The maximum absolute atomic E-state index is 11.6. The number of esters is 1. The van der Waals surface area contributed by atoms with Gasteiger partial charge < -0.3 is 4.74 Å². The summed E-state index contributed by atoms with van der Waals surface area (Å²) in [6, 6.07) is 0. The lowest BCUT2D eigenvalue weighted by atomic mass is 9.89. The first kappa shape index (κ1) is 22.5. The summed E-state index contributed by atoms with van der Waals surface area (Å²) < 4.78 is 5.31.